The van der Waals surface area contributed by atoms with Crippen molar-refractivity contribution in [2.45, 2.75) is 12.6 Å². The van der Waals surface area contributed by atoms with Crippen molar-refractivity contribution < 1.29 is 4.74 Å². The van der Waals surface area contributed by atoms with Crippen LogP contribution in [0.15, 0.2) is 54.6 Å². The van der Waals surface area contributed by atoms with Gasteiger partial charge in [0.15, 0.2) is 0 Å². The summed E-state index contributed by atoms with van der Waals surface area (Å²) in [6, 6.07) is 17.3. The Morgan fingerprint density at radius 2 is 1.68 bits per heavy atom. The molecular formula is C16H16N2O. The highest BCUT2D eigenvalue weighted by molar-refractivity contribution is 5.49. The third kappa shape index (κ3) is 2.86. The molecule has 1 N–H and O–H groups in total. The van der Waals surface area contributed by atoms with Crippen LogP contribution in [0.4, 0.5) is 5.69 Å². The van der Waals surface area contributed by atoms with Crippen LogP contribution in [0, 0.1) is 6.57 Å². The Kier molecular flexibility index (Phi) is 3.72. The van der Waals surface area contributed by atoms with E-state index in [0.717, 1.165) is 17.0 Å². The molecular weight excluding hydrogens is 236 g/mol. The van der Waals surface area contributed by atoms with Gasteiger partial charge in [0.1, 0.15) is 5.75 Å². The summed E-state index contributed by atoms with van der Waals surface area (Å²) < 4.78 is 5.14. The first-order valence-electron chi connectivity index (χ1n) is 6.04. The number of anilines is 1. The molecule has 3 heteroatoms. The van der Waals surface area contributed by atoms with E-state index in [9.17, 15) is 0 Å². The maximum absolute atomic E-state index is 7.47. The van der Waals surface area contributed by atoms with Gasteiger partial charge >= 0.3 is 5.66 Å². The van der Waals surface area contributed by atoms with Crippen molar-refractivity contribution in [3.8, 4) is 5.75 Å². The highest BCUT2D eigenvalue weighted by Crippen LogP contribution is 2.28. The maximum atomic E-state index is 7.47. The average molecular weight is 252 g/mol. The summed E-state index contributed by atoms with van der Waals surface area (Å²) in [4.78, 5) is 3.74. The molecule has 2 aromatic carbocycles. The lowest BCUT2D eigenvalue weighted by atomic mass is 10.0. The number of nitrogens with zero attached hydrogens (tertiary/aromatic N) is 1. The lowest BCUT2D eigenvalue weighted by Crippen LogP contribution is -2.27. The second kappa shape index (κ2) is 5.45. The van der Waals surface area contributed by atoms with Crippen LogP contribution in [0.1, 0.15) is 12.5 Å². The van der Waals surface area contributed by atoms with E-state index in [0.29, 0.717) is 0 Å². The summed E-state index contributed by atoms with van der Waals surface area (Å²) in [7, 11) is 1.63. The van der Waals surface area contributed by atoms with Gasteiger partial charge in [0.2, 0.25) is 0 Å². The van der Waals surface area contributed by atoms with E-state index >= 15 is 0 Å². The van der Waals surface area contributed by atoms with Gasteiger partial charge in [-0.1, -0.05) is 18.2 Å². The highest BCUT2D eigenvalue weighted by atomic mass is 16.5. The topological polar surface area (TPSA) is 25.6 Å². The van der Waals surface area contributed by atoms with Gasteiger partial charge in [-0.25, -0.2) is 6.57 Å². The SMILES string of the molecule is [C-]#[N+]C(C)(Nc1ccccc1)c1ccc(OC)cc1. The monoisotopic (exact) mass is 252 g/mol. The molecule has 2 rings (SSSR count). The first-order valence-corrected chi connectivity index (χ1v) is 6.04. The fourth-order valence-corrected chi connectivity index (χ4v) is 1.88. The third-order valence-corrected chi connectivity index (χ3v) is 3.04. The maximum Gasteiger partial charge on any atom is 0.328 e. The van der Waals surface area contributed by atoms with E-state index in [1.807, 2.05) is 61.5 Å². The molecule has 1 atom stereocenters. The number of ether oxygens (including phenoxy) is 1. The van der Waals surface area contributed by atoms with E-state index in [2.05, 4.69) is 10.2 Å². The molecule has 0 fully saturated rings. The van der Waals surface area contributed by atoms with Gasteiger partial charge < -0.3 is 10.1 Å². The number of hydrogen-bond acceptors (Lipinski definition) is 2. The molecule has 0 bridgehead atoms. The van der Waals surface area contributed by atoms with Gasteiger partial charge in [0, 0.05) is 12.6 Å². The normalized spacial score (nSPS) is 13.1. The van der Waals surface area contributed by atoms with Crippen LogP contribution in [0.25, 0.3) is 4.85 Å². The van der Waals surface area contributed by atoms with Gasteiger partial charge in [-0.05, 0) is 36.4 Å². The average Bonchev–Trinajstić information content (AvgIpc) is 2.48. The number of methoxy groups -OCH3 is 1. The Balaban J connectivity index is 2.29. The molecule has 3 nitrogen and oxygen atoms in total. The molecule has 0 saturated heterocycles. The van der Waals surface area contributed by atoms with Crippen LogP contribution >= 0.6 is 0 Å². The largest absolute Gasteiger partial charge is 0.497 e. The van der Waals surface area contributed by atoms with Gasteiger partial charge in [-0.15, -0.1) is 0 Å². The number of para-hydroxylation sites is 1. The Hall–Kier alpha value is -2.47. The van der Waals surface area contributed by atoms with Crippen molar-refractivity contribution in [3.63, 3.8) is 0 Å². The van der Waals surface area contributed by atoms with Crippen molar-refractivity contribution in [3.05, 3.63) is 71.6 Å². The standard InChI is InChI=1S/C16H16N2O/c1-16(17-2,18-14-7-5-4-6-8-14)13-9-11-15(19-3)12-10-13/h4-12,18H,1,3H3. The zero-order chi connectivity index (χ0) is 13.7. The van der Waals surface area contributed by atoms with E-state index < -0.39 is 5.66 Å². The van der Waals surface area contributed by atoms with Crippen LogP contribution in [0.2, 0.25) is 0 Å². The summed E-state index contributed by atoms with van der Waals surface area (Å²) in [6.07, 6.45) is 0. The summed E-state index contributed by atoms with van der Waals surface area (Å²) in [5, 5.41) is 3.26. The number of nitrogens with one attached hydrogen (secondary N) is 1. The number of benzene rings is 2. The minimum Gasteiger partial charge on any atom is -0.497 e. The van der Waals surface area contributed by atoms with Crippen LogP contribution in [0.5, 0.6) is 5.75 Å². The summed E-state index contributed by atoms with van der Waals surface area (Å²) >= 11 is 0. The van der Waals surface area contributed by atoms with Crippen LogP contribution < -0.4 is 10.1 Å². The van der Waals surface area contributed by atoms with Gasteiger partial charge in [-0.3, -0.25) is 4.85 Å². The molecule has 0 aromatic heterocycles. The summed E-state index contributed by atoms with van der Waals surface area (Å²) in [5.41, 5.74) is 1.05. The van der Waals surface area contributed by atoms with Gasteiger partial charge in [0.05, 0.1) is 12.7 Å². The van der Waals surface area contributed by atoms with Crippen LogP contribution in [0.3, 0.4) is 0 Å². The minimum absolute atomic E-state index is 0.784. The predicted molar refractivity (Wildman–Crippen MR) is 77.0 cm³/mol. The van der Waals surface area contributed by atoms with E-state index in [4.69, 9.17) is 11.3 Å². The summed E-state index contributed by atoms with van der Waals surface area (Å²) in [5.74, 6) is 0.788. The second-order valence-electron chi connectivity index (χ2n) is 4.40. The molecule has 2 aromatic rings. The smallest absolute Gasteiger partial charge is 0.328 e. The Labute approximate surface area is 113 Å². The lowest BCUT2D eigenvalue weighted by molar-refractivity contribution is 0.414. The third-order valence-electron chi connectivity index (χ3n) is 3.04. The van der Waals surface area contributed by atoms with Gasteiger partial charge in [-0.2, -0.15) is 0 Å². The number of rotatable bonds is 4. The first kappa shape index (κ1) is 13.0. The molecule has 96 valence electrons. The van der Waals surface area contributed by atoms with E-state index in [1.165, 1.54) is 0 Å². The molecule has 1 unspecified atom stereocenters. The first-order chi connectivity index (χ1) is 9.18. The van der Waals surface area contributed by atoms with E-state index in [1.54, 1.807) is 7.11 Å². The predicted octanol–water partition coefficient (Wildman–Crippen LogP) is 3.90. The lowest BCUT2D eigenvalue weighted by Gasteiger charge is -2.20. The Morgan fingerprint density at radius 1 is 1.05 bits per heavy atom. The van der Waals surface area contributed by atoms with Crippen LogP contribution in [-0.2, 0) is 5.66 Å². The fourth-order valence-electron chi connectivity index (χ4n) is 1.88. The van der Waals surface area contributed by atoms with Crippen LogP contribution in [-0.4, -0.2) is 7.11 Å². The van der Waals surface area contributed by atoms with E-state index in [-0.39, 0.29) is 0 Å². The van der Waals surface area contributed by atoms with Crippen molar-refractivity contribution in [2.24, 2.45) is 0 Å². The molecule has 0 aliphatic heterocycles. The molecule has 0 aliphatic rings. The molecule has 0 aliphatic carbocycles. The number of hydrogen-bond donors (Lipinski definition) is 1. The molecule has 0 heterocycles. The van der Waals surface area contributed by atoms with Crippen molar-refractivity contribution in [1.29, 1.82) is 0 Å². The Morgan fingerprint density at radius 3 is 2.21 bits per heavy atom. The minimum atomic E-state index is -0.784. The van der Waals surface area contributed by atoms with Crippen molar-refractivity contribution >= 4 is 5.69 Å². The molecule has 0 amide bonds. The molecule has 19 heavy (non-hydrogen) atoms. The quantitative estimate of drug-likeness (QED) is 0.835. The molecule has 0 radical (unpaired) electrons. The highest BCUT2D eigenvalue weighted by Gasteiger charge is 2.32. The fraction of sp³-hybridized carbons (Fsp3) is 0.188. The Bertz CT molecular complexity index is 572. The second-order valence-corrected chi connectivity index (χ2v) is 4.40. The van der Waals surface area contributed by atoms with Crippen molar-refractivity contribution in [2.75, 3.05) is 12.4 Å². The molecule has 0 saturated carbocycles. The molecule has 0 spiro atoms. The van der Waals surface area contributed by atoms with Crippen molar-refractivity contribution in [1.82, 2.24) is 0 Å². The summed E-state index contributed by atoms with van der Waals surface area (Å²) in [6.45, 7) is 9.34. The van der Waals surface area contributed by atoms with Gasteiger partial charge in [0.25, 0.3) is 0 Å². The zero-order valence-electron chi connectivity index (χ0n) is 11.1. The zero-order valence-corrected chi connectivity index (χ0v) is 11.1.